The van der Waals surface area contributed by atoms with Crippen molar-refractivity contribution >= 4 is 37.5 Å². The predicted octanol–water partition coefficient (Wildman–Crippen LogP) is 3.55. The molecule has 1 heterocycles. The van der Waals surface area contributed by atoms with Crippen LogP contribution in [0.2, 0.25) is 0 Å². The van der Waals surface area contributed by atoms with Crippen molar-refractivity contribution in [3.8, 4) is 0 Å². The van der Waals surface area contributed by atoms with Crippen molar-refractivity contribution in [2.45, 2.75) is 24.0 Å². The van der Waals surface area contributed by atoms with E-state index in [1.165, 1.54) is 11.8 Å². The second-order valence-electron chi connectivity index (χ2n) is 5.76. The summed E-state index contributed by atoms with van der Waals surface area (Å²) in [5.74, 6) is -3.27. The van der Waals surface area contributed by atoms with Crippen molar-refractivity contribution in [2.75, 3.05) is 5.32 Å². The molecule has 0 saturated heterocycles. The lowest BCUT2D eigenvalue weighted by Gasteiger charge is -2.16. The summed E-state index contributed by atoms with van der Waals surface area (Å²) >= 11 is 2.78. The van der Waals surface area contributed by atoms with Crippen LogP contribution in [0, 0.1) is 11.6 Å². The SMILES string of the molecule is CC(NS(=O)(=O)c1cc(C(=O)Nc2cc(F)c(F)c(Br)c2)n(C)c1)C(F)(F)F. The van der Waals surface area contributed by atoms with E-state index in [1.807, 2.05) is 0 Å². The van der Waals surface area contributed by atoms with Crippen molar-refractivity contribution in [2.24, 2.45) is 7.05 Å². The van der Waals surface area contributed by atoms with Gasteiger partial charge >= 0.3 is 6.18 Å². The predicted molar refractivity (Wildman–Crippen MR) is 93.3 cm³/mol. The molecule has 1 amide bonds. The van der Waals surface area contributed by atoms with Crippen molar-refractivity contribution in [1.82, 2.24) is 9.29 Å². The second kappa shape index (κ2) is 7.79. The van der Waals surface area contributed by atoms with Gasteiger partial charge in [0, 0.05) is 25.0 Å². The topological polar surface area (TPSA) is 80.2 Å². The summed E-state index contributed by atoms with van der Waals surface area (Å²) < 4.78 is 90.9. The fraction of sp³-hybridized carbons (Fsp3) is 0.267. The molecule has 1 aromatic carbocycles. The van der Waals surface area contributed by atoms with Crippen LogP contribution >= 0.6 is 15.9 Å². The Hall–Kier alpha value is -1.99. The highest BCUT2D eigenvalue weighted by atomic mass is 79.9. The Balaban J connectivity index is 2.27. The molecule has 2 rings (SSSR count). The number of halogens is 6. The largest absolute Gasteiger partial charge is 0.404 e. The Kier molecular flexibility index (Phi) is 6.21. The van der Waals surface area contributed by atoms with Gasteiger partial charge in [0.05, 0.1) is 4.47 Å². The number of anilines is 1. The summed E-state index contributed by atoms with van der Waals surface area (Å²) in [5, 5.41) is 2.25. The Bertz CT molecular complexity index is 997. The number of carbonyl (C=O) groups excluding carboxylic acids is 1. The monoisotopic (exact) mass is 489 g/mol. The molecule has 6 nitrogen and oxygen atoms in total. The van der Waals surface area contributed by atoms with Crippen molar-refractivity contribution in [3.63, 3.8) is 0 Å². The van der Waals surface area contributed by atoms with Gasteiger partial charge in [-0.1, -0.05) is 0 Å². The zero-order chi connectivity index (χ0) is 21.4. The number of rotatable bonds is 5. The van der Waals surface area contributed by atoms with E-state index in [9.17, 15) is 35.2 Å². The van der Waals surface area contributed by atoms with Crippen LogP contribution in [-0.4, -0.2) is 31.1 Å². The van der Waals surface area contributed by atoms with Gasteiger partial charge in [-0.15, -0.1) is 0 Å². The molecule has 28 heavy (non-hydrogen) atoms. The van der Waals surface area contributed by atoms with Crippen LogP contribution in [0.15, 0.2) is 33.8 Å². The average molecular weight is 490 g/mol. The number of amides is 1. The summed E-state index contributed by atoms with van der Waals surface area (Å²) in [7, 11) is -3.26. The summed E-state index contributed by atoms with van der Waals surface area (Å²) in [6.45, 7) is 0.634. The highest BCUT2D eigenvalue weighted by Crippen LogP contribution is 2.25. The van der Waals surface area contributed by atoms with E-state index in [1.54, 1.807) is 0 Å². The lowest BCUT2D eigenvalue weighted by atomic mass is 10.3. The Morgan fingerprint density at radius 2 is 1.82 bits per heavy atom. The van der Waals surface area contributed by atoms with E-state index in [4.69, 9.17) is 0 Å². The first-order valence-electron chi connectivity index (χ1n) is 7.43. The van der Waals surface area contributed by atoms with Gasteiger partial charge in [0.15, 0.2) is 11.6 Å². The van der Waals surface area contributed by atoms with Crippen molar-refractivity contribution in [1.29, 1.82) is 0 Å². The van der Waals surface area contributed by atoms with Gasteiger partial charge in [0.1, 0.15) is 16.6 Å². The Labute approximate surface area is 164 Å². The van der Waals surface area contributed by atoms with E-state index in [0.29, 0.717) is 13.0 Å². The minimum Gasteiger partial charge on any atom is -0.345 e. The van der Waals surface area contributed by atoms with Gasteiger partial charge in [-0.25, -0.2) is 17.2 Å². The molecule has 0 aliphatic carbocycles. The molecule has 1 atom stereocenters. The quantitative estimate of drug-likeness (QED) is 0.497. The summed E-state index contributed by atoms with van der Waals surface area (Å²) in [4.78, 5) is 11.7. The number of hydrogen-bond donors (Lipinski definition) is 2. The van der Waals surface area contributed by atoms with Gasteiger partial charge in [-0.2, -0.15) is 17.9 Å². The van der Waals surface area contributed by atoms with Crippen LogP contribution in [0.4, 0.5) is 27.6 Å². The molecule has 13 heteroatoms. The van der Waals surface area contributed by atoms with Gasteiger partial charge in [0.25, 0.3) is 5.91 Å². The lowest BCUT2D eigenvalue weighted by Crippen LogP contribution is -2.42. The molecule has 0 aliphatic rings. The van der Waals surface area contributed by atoms with Gasteiger partial charge in [-0.05, 0) is 35.0 Å². The van der Waals surface area contributed by atoms with Gasteiger partial charge in [0.2, 0.25) is 10.0 Å². The molecule has 1 aromatic heterocycles. The maximum atomic E-state index is 13.4. The van der Waals surface area contributed by atoms with E-state index < -0.39 is 44.7 Å². The number of nitrogens with one attached hydrogen (secondary N) is 2. The van der Waals surface area contributed by atoms with Gasteiger partial charge in [-0.3, -0.25) is 4.79 Å². The molecular formula is C15H13BrF5N3O3S. The van der Waals surface area contributed by atoms with Crippen LogP contribution in [0.3, 0.4) is 0 Å². The third-order valence-corrected chi connectivity index (χ3v) is 5.67. The number of hydrogen-bond acceptors (Lipinski definition) is 3. The molecule has 0 fully saturated rings. The fourth-order valence-corrected chi connectivity index (χ4v) is 3.83. The van der Waals surface area contributed by atoms with E-state index in [2.05, 4.69) is 21.2 Å². The number of aryl methyl sites for hydroxylation is 1. The highest BCUT2D eigenvalue weighted by Gasteiger charge is 2.39. The third kappa shape index (κ3) is 4.89. The number of carbonyl (C=O) groups is 1. The maximum Gasteiger partial charge on any atom is 0.404 e. The van der Waals surface area contributed by atoms with Crippen LogP contribution in [0.1, 0.15) is 17.4 Å². The zero-order valence-corrected chi connectivity index (χ0v) is 16.6. The number of aromatic nitrogens is 1. The molecule has 0 saturated carbocycles. The maximum absolute atomic E-state index is 13.4. The first kappa shape index (κ1) is 22.3. The molecule has 2 aromatic rings. The molecule has 0 bridgehead atoms. The number of benzene rings is 1. The van der Waals surface area contributed by atoms with Crippen molar-refractivity contribution in [3.05, 3.63) is 46.2 Å². The zero-order valence-electron chi connectivity index (χ0n) is 14.2. The van der Waals surface area contributed by atoms with E-state index in [0.717, 1.165) is 22.9 Å². The number of alkyl halides is 3. The number of sulfonamides is 1. The molecule has 2 N–H and O–H groups in total. The normalized spacial score (nSPS) is 13.4. The molecular weight excluding hydrogens is 477 g/mol. The molecule has 0 radical (unpaired) electrons. The van der Waals surface area contributed by atoms with Crippen LogP contribution in [-0.2, 0) is 17.1 Å². The molecule has 0 spiro atoms. The van der Waals surface area contributed by atoms with E-state index >= 15 is 0 Å². The molecule has 0 aliphatic heterocycles. The molecule has 1 unspecified atom stereocenters. The van der Waals surface area contributed by atoms with Gasteiger partial charge < -0.3 is 9.88 Å². The minimum atomic E-state index is -4.79. The standard InChI is InChI=1S/C15H13BrF5N3O3S/c1-7(15(19,20)21)23-28(26,27)9-5-12(24(2)6-9)14(25)22-8-3-10(16)13(18)11(17)4-8/h3-7,23H,1-2H3,(H,22,25). The number of nitrogens with zero attached hydrogens (tertiary/aromatic N) is 1. The third-order valence-electron chi connectivity index (χ3n) is 3.59. The van der Waals surface area contributed by atoms with Crippen LogP contribution in [0.25, 0.3) is 0 Å². The lowest BCUT2D eigenvalue weighted by molar-refractivity contribution is -0.147. The second-order valence-corrected chi connectivity index (χ2v) is 8.33. The molecule has 154 valence electrons. The Morgan fingerprint density at radius 1 is 1.21 bits per heavy atom. The highest BCUT2D eigenvalue weighted by molar-refractivity contribution is 9.10. The smallest absolute Gasteiger partial charge is 0.345 e. The Morgan fingerprint density at radius 3 is 2.36 bits per heavy atom. The minimum absolute atomic E-state index is 0.120. The van der Waals surface area contributed by atoms with Crippen molar-refractivity contribution < 1.29 is 35.2 Å². The first-order valence-corrected chi connectivity index (χ1v) is 9.71. The van der Waals surface area contributed by atoms with Crippen LogP contribution < -0.4 is 10.0 Å². The van der Waals surface area contributed by atoms with Crippen LogP contribution in [0.5, 0.6) is 0 Å². The van der Waals surface area contributed by atoms with E-state index in [-0.39, 0.29) is 15.9 Å². The summed E-state index contributed by atoms with van der Waals surface area (Å²) in [5.41, 5.74) is -0.355. The fourth-order valence-electron chi connectivity index (χ4n) is 2.10. The summed E-state index contributed by atoms with van der Waals surface area (Å²) in [6, 6.07) is 0.319. The summed E-state index contributed by atoms with van der Waals surface area (Å²) in [6.07, 6.45) is -3.84. The first-order chi connectivity index (χ1) is 12.7. The average Bonchev–Trinajstić information content (AvgIpc) is 2.94.